The van der Waals surface area contributed by atoms with Gasteiger partial charge in [0.25, 0.3) is 5.91 Å². The van der Waals surface area contributed by atoms with Gasteiger partial charge in [-0.05, 0) is 62.4 Å². The Hall–Kier alpha value is -2.85. The van der Waals surface area contributed by atoms with Crippen molar-refractivity contribution >= 4 is 28.9 Å². The number of nitrogens with zero attached hydrogens (tertiary/aromatic N) is 2. The first kappa shape index (κ1) is 18.9. The van der Waals surface area contributed by atoms with Gasteiger partial charge < -0.3 is 10.2 Å². The van der Waals surface area contributed by atoms with Crippen LogP contribution in [0.3, 0.4) is 0 Å². The van der Waals surface area contributed by atoms with E-state index in [-0.39, 0.29) is 5.91 Å². The van der Waals surface area contributed by atoms with E-state index in [1.54, 1.807) is 30.5 Å². The third-order valence-electron chi connectivity index (χ3n) is 4.43. The molecular formula is C22H22ClN3O. The van der Waals surface area contributed by atoms with Crippen LogP contribution in [0.1, 0.15) is 24.2 Å². The minimum atomic E-state index is -0.149. The lowest BCUT2D eigenvalue weighted by atomic mass is 10.1. The largest absolute Gasteiger partial charge is 0.372 e. The first-order valence-corrected chi connectivity index (χ1v) is 9.37. The molecular weight excluding hydrogens is 358 g/mol. The number of hydrogen-bond acceptors (Lipinski definition) is 3. The van der Waals surface area contributed by atoms with Crippen molar-refractivity contribution in [2.24, 2.45) is 0 Å². The molecule has 0 aliphatic carbocycles. The van der Waals surface area contributed by atoms with Crippen LogP contribution in [0.15, 0.2) is 66.9 Å². The molecule has 2 aromatic carbocycles. The van der Waals surface area contributed by atoms with E-state index in [1.165, 1.54) is 0 Å². The first-order valence-electron chi connectivity index (χ1n) is 8.99. The number of hydrogen-bond donors (Lipinski definition) is 1. The van der Waals surface area contributed by atoms with E-state index in [2.05, 4.69) is 29.0 Å². The first-order chi connectivity index (χ1) is 13.1. The minimum Gasteiger partial charge on any atom is -0.372 e. The summed E-state index contributed by atoms with van der Waals surface area (Å²) >= 11 is 6.18. The highest BCUT2D eigenvalue weighted by Gasteiger charge is 2.09. The van der Waals surface area contributed by atoms with Crippen molar-refractivity contribution in [3.05, 3.63) is 77.4 Å². The quantitative estimate of drug-likeness (QED) is 0.615. The molecule has 1 aromatic heterocycles. The standard InChI is InChI=1S/C22H22ClN3O/c1-3-26(4-2)19-13-11-18(12-14-19)25-22(27)17-9-7-16(8-10-17)21-20(23)6-5-15-24-21/h5-15H,3-4H2,1-2H3,(H,25,27). The van der Waals surface area contributed by atoms with Crippen LogP contribution in [0.5, 0.6) is 0 Å². The molecule has 0 aliphatic rings. The second kappa shape index (κ2) is 8.69. The average Bonchev–Trinajstić information content (AvgIpc) is 2.71. The molecule has 0 fully saturated rings. The van der Waals surface area contributed by atoms with Crippen molar-refractivity contribution < 1.29 is 4.79 Å². The SMILES string of the molecule is CCN(CC)c1ccc(NC(=O)c2ccc(-c3ncccc3Cl)cc2)cc1. The molecule has 3 rings (SSSR count). The van der Waals surface area contributed by atoms with Crippen LogP contribution in [0.25, 0.3) is 11.3 Å². The predicted octanol–water partition coefficient (Wildman–Crippen LogP) is 5.50. The molecule has 0 saturated heterocycles. The van der Waals surface area contributed by atoms with Gasteiger partial charge >= 0.3 is 0 Å². The zero-order chi connectivity index (χ0) is 19.2. The molecule has 138 valence electrons. The number of rotatable bonds is 6. The Balaban J connectivity index is 1.70. The van der Waals surface area contributed by atoms with Gasteiger partial charge in [0.05, 0.1) is 10.7 Å². The number of carbonyl (C=O) groups excluding carboxylic acids is 1. The molecule has 0 aliphatic heterocycles. The summed E-state index contributed by atoms with van der Waals surface area (Å²) in [5, 5.41) is 3.52. The van der Waals surface area contributed by atoms with Crippen molar-refractivity contribution in [3.63, 3.8) is 0 Å². The number of aromatic nitrogens is 1. The van der Waals surface area contributed by atoms with E-state index in [9.17, 15) is 4.79 Å². The molecule has 3 aromatic rings. The number of halogens is 1. The van der Waals surface area contributed by atoms with Crippen molar-refractivity contribution in [1.82, 2.24) is 4.98 Å². The monoisotopic (exact) mass is 379 g/mol. The van der Waals surface area contributed by atoms with Crippen LogP contribution >= 0.6 is 11.6 Å². The zero-order valence-electron chi connectivity index (χ0n) is 15.4. The Morgan fingerprint density at radius 1 is 1.00 bits per heavy atom. The lowest BCUT2D eigenvalue weighted by Crippen LogP contribution is -2.21. The highest BCUT2D eigenvalue weighted by Crippen LogP contribution is 2.25. The molecule has 1 heterocycles. The number of anilines is 2. The fraction of sp³-hybridized carbons (Fsp3) is 0.182. The van der Waals surface area contributed by atoms with Gasteiger partial charge in [0.1, 0.15) is 0 Å². The third-order valence-corrected chi connectivity index (χ3v) is 4.74. The average molecular weight is 380 g/mol. The normalized spacial score (nSPS) is 10.5. The maximum atomic E-state index is 12.5. The van der Waals surface area contributed by atoms with Crippen molar-refractivity contribution in [2.45, 2.75) is 13.8 Å². The van der Waals surface area contributed by atoms with Crippen molar-refractivity contribution in [2.75, 3.05) is 23.3 Å². The molecule has 0 unspecified atom stereocenters. The van der Waals surface area contributed by atoms with E-state index in [4.69, 9.17) is 11.6 Å². The Bertz CT molecular complexity index is 904. The van der Waals surface area contributed by atoms with Gasteiger partial charge in [0.15, 0.2) is 0 Å². The zero-order valence-corrected chi connectivity index (χ0v) is 16.2. The van der Waals surface area contributed by atoms with E-state index in [1.807, 2.05) is 36.4 Å². The van der Waals surface area contributed by atoms with Crippen molar-refractivity contribution in [1.29, 1.82) is 0 Å². The van der Waals surface area contributed by atoms with Gasteiger partial charge in [-0.1, -0.05) is 23.7 Å². The second-order valence-electron chi connectivity index (χ2n) is 6.08. The van der Waals surface area contributed by atoms with Crippen molar-refractivity contribution in [3.8, 4) is 11.3 Å². The number of benzene rings is 2. The highest BCUT2D eigenvalue weighted by atomic mass is 35.5. The van der Waals surface area contributed by atoms with Crippen LogP contribution in [-0.2, 0) is 0 Å². The third kappa shape index (κ3) is 4.47. The molecule has 0 bridgehead atoms. The molecule has 0 spiro atoms. The van der Waals surface area contributed by atoms with E-state index in [0.717, 1.165) is 30.0 Å². The fourth-order valence-electron chi connectivity index (χ4n) is 2.93. The molecule has 0 radical (unpaired) electrons. The lowest BCUT2D eigenvalue weighted by molar-refractivity contribution is 0.102. The van der Waals surface area contributed by atoms with Gasteiger partial charge in [-0.15, -0.1) is 0 Å². The summed E-state index contributed by atoms with van der Waals surface area (Å²) in [7, 11) is 0. The molecule has 1 amide bonds. The molecule has 0 atom stereocenters. The van der Waals surface area contributed by atoms with Crippen LogP contribution in [0, 0.1) is 0 Å². The highest BCUT2D eigenvalue weighted by molar-refractivity contribution is 6.33. The van der Waals surface area contributed by atoms with Crippen LogP contribution in [0.2, 0.25) is 5.02 Å². The van der Waals surface area contributed by atoms with E-state index in [0.29, 0.717) is 16.3 Å². The summed E-state index contributed by atoms with van der Waals surface area (Å²) in [5.74, 6) is -0.149. The molecule has 27 heavy (non-hydrogen) atoms. The lowest BCUT2D eigenvalue weighted by Gasteiger charge is -2.21. The van der Waals surface area contributed by atoms with Crippen LogP contribution in [-0.4, -0.2) is 24.0 Å². The summed E-state index contributed by atoms with van der Waals surface area (Å²) in [6.45, 7) is 6.16. The van der Waals surface area contributed by atoms with Gasteiger partial charge in [0, 0.05) is 41.8 Å². The summed E-state index contributed by atoms with van der Waals surface area (Å²) in [6, 6.07) is 18.7. The smallest absolute Gasteiger partial charge is 0.255 e. The number of amides is 1. The Labute approximate surface area is 164 Å². The Morgan fingerprint density at radius 2 is 1.67 bits per heavy atom. The van der Waals surface area contributed by atoms with Gasteiger partial charge in [-0.25, -0.2) is 0 Å². The predicted molar refractivity (Wildman–Crippen MR) is 113 cm³/mol. The topological polar surface area (TPSA) is 45.2 Å². The van der Waals surface area contributed by atoms with Crippen LogP contribution < -0.4 is 10.2 Å². The Kier molecular flexibility index (Phi) is 6.09. The van der Waals surface area contributed by atoms with Crippen LogP contribution in [0.4, 0.5) is 11.4 Å². The number of nitrogens with one attached hydrogen (secondary N) is 1. The Morgan fingerprint density at radius 3 is 2.26 bits per heavy atom. The maximum Gasteiger partial charge on any atom is 0.255 e. The number of carbonyl (C=O) groups is 1. The van der Waals surface area contributed by atoms with Gasteiger partial charge in [-0.2, -0.15) is 0 Å². The summed E-state index contributed by atoms with van der Waals surface area (Å²) in [6.07, 6.45) is 1.70. The molecule has 0 saturated carbocycles. The second-order valence-corrected chi connectivity index (χ2v) is 6.49. The summed E-state index contributed by atoms with van der Waals surface area (Å²) in [5.41, 5.74) is 4.08. The van der Waals surface area contributed by atoms with E-state index >= 15 is 0 Å². The summed E-state index contributed by atoms with van der Waals surface area (Å²) < 4.78 is 0. The number of pyridine rings is 1. The summed E-state index contributed by atoms with van der Waals surface area (Å²) in [4.78, 5) is 19.0. The minimum absolute atomic E-state index is 0.149. The maximum absolute atomic E-state index is 12.5. The molecule has 4 nitrogen and oxygen atoms in total. The van der Waals surface area contributed by atoms with Gasteiger partial charge in [0.2, 0.25) is 0 Å². The van der Waals surface area contributed by atoms with E-state index < -0.39 is 0 Å². The fourth-order valence-corrected chi connectivity index (χ4v) is 3.16. The molecule has 1 N–H and O–H groups in total. The molecule has 5 heteroatoms. The van der Waals surface area contributed by atoms with Gasteiger partial charge in [-0.3, -0.25) is 9.78 Å².